The van der Waals surface area contributed by atoms with Gasteiger partial charge in [0.15, 0.2) is 11.5 Å². The number of hydrogen-bond acceptors (Lipinski definition) is 8. The van der Waals surface area contributed by atoms with Crippen molar-refractivity contribution in [2.24, 2.45) is 5.92 Å². The number of anilines is 2. The Hall–Kier alpha value is -4.21. The summed E-state index contributed by atoms with van der Waals surface area (Å²) in [6.07, 6.45) is 0.537. The normalized spacial score (nSPS) is 19.6. The molecule has 0 aliphatic carbocycles. The maximum Gasteiger partial charge on any atom is 0.433 e. The Balaban J connectivity index is 1.14. The average molecular weight is 618 g/mol. The predicted molar refractivity (Wildman–Crippen MR) is 150 cm³/mol. The second-order valence-electron chi connectivity index (χ2n) is 10.4. The standard InChI is InChI=1S/C27H27ClF3N9O3/c28-19-11-15(36-23-24-34-13-20(40(24)6-5-33-23)18-12-35-37-22(18)27(29,30)31)1-2-16(19)25(42)38-7-9-39(10-8-38)26(43)17-3-4-32-14-21(17)41/h1-2,5-6,11-13,17,21,32,41H,3-4,7-10,14H2,(H,33,36)(H,35,37)/t17-,21+/m1/s1. The molecule has 12 nitrogen and oxygen atoms in total. The molecule has 0 bridgehead atoms. The highest BCUT2D eigenvalue weighted by Gasteiger charge is 2.37. The minimum absolute atomic E-state index is 0.0895. The quantitative estimate of drug-likeness (QED) is 0.268. The number of carbonyl (C=O) groups is 2. The number of nitrogens with zero attached hydrogens (tertiary/aromatic N) is 6. The first-order chi connectivity index (χ1) is 20.6. The van der Waals surface area contributed by atoms with Crippen molar-refractivity contribution in [3.05, 3.63) is 59.3 Å². The topological polar surface area (TPSA) is 144 Å². The molecular weight excluding hydrogens is 591 g/mol. The number of aliphatic hydroxyl groups excluding tert-OH is 1. The Morgan fingerprint density at radius 2 is 1.86 bits per heavy atom. The van der Waals surface area contributed by atoms with Crippen LogP contribution in [-0.4, -0.2) is 96.7 Å². The number of aromatic nitrogens is 5. The van der Waals surface area contributed by atoms with Crippen molar-refractivity contribution in [3.8, 4) is 11.3 Å². The summed E-state index contributed by atoms with van der Waals surface area (Å²) in [7, 11) is 0. The third-order valence-corrected chi connectivity index (χ3v) is 8.05. The summed E-state index contributed by atoms with van der Waals surface area (Å²) in [6, 6.07) is 4.78. The Morgan fingerprint density at radius 1 is 1.09 bits per heavy atom. The third kappa shape index (κ3) is 5.62. The number of fused-ring (bicyclic) bond motifs is 1. The number of piperazine rings is 1. The van der Waals surface area contributed by atoms with E-state index < -0.39 is 23.9 Å². The molecule has 2 amide bonds. The van der Waals surface area contributed by atoms with Crippen molar-refractivity contribution in [1.29, 1.82) is 0 Å². The van der Waals surface area contributed by atoms with Gasteiger partial charge in [0.2, 0.25) is 5.91 Å². The smallest absolute Gasteiger partial charge is 0.391 e. The number of β-amino-alcohol motifs (C(OH)–C–C–N with tert-alkyl or cyclic N) is 1. The molecule has 0 spiro atoms. The molecule has 4 N–H and O–H groups in total. The number of piperidine rings is 1. The highest BCUT2D eigenvalue weighted by molar-refractivity contribution is 6.34. The van der Waals surface area contributed by atoms with Gasteiger partial charge < -0.3 is 25.5 Å². The van der Waals surface area contributed by atoms with Crippen molar-refractivity contribution in [2.45, 2.75) is 18.7 Å². The molecule has 1 aromatic carbocycles. The number of aromatic amines is 1. The third-order valence-electron chi connectivity index (χ3n) is 7.73. The lowest BCUT2D eigenvalue weighted by atomic mass is 9.93. The highest BCUT2D eigenvalue weighted by atomic mass is 35.5. The van der Waals surface area contributed by atoms with E-state index in [1.807, 2.05) is 5.10 Å². The number of aliphatic hydroxyl groups is 1. The fourth-order valence-corrected chi connectivity index (χ4v) is 5.73. The van der Waals surface area contributed by atoms with Crippen LogP contribution in [0.2, 0.25) is 5.02 Å². The van der Waals surface area contributed by atoms with Gasteiger partial charge in [-0.2, -0.15) is 18.3 Å². The molecule has 3 aromatic heterocycles. The minimum atomic E-state index is -4.62. The number of nitrogens with one attached hydrogen (secondary N) is 3. The van der Waals surface area contributed by atoms with E-state index in [0.29, 0.717) is 51.4 Å². The van der Waals surface area contributed by atoms with Gasteiger partial charge in [-0.25, -0.2) is 9.97 Å². The van der Waals surface area contributed by atoms with Crippen molar-refractivity contribution in [2.75, 3.05) is 44.6 Å². The molecule has 2 saturated heterocycles. The predicted octanol–water partition coefficient (Wildman–Crippen LogP) is 2.79. The van der Waals surface area contributed by atoms with E-state index in [2.05, 4.69) is 25.7 Å². The molecule has 0 radical (unpaired) electrons. The molecule has 43 heavy (non-hydrogen) atoms. The summed E-state index contributed by atoms with van der Waals surface area (Å²) < 4.78 is 41.7. The van der Waals surface area contributed by atoms with E-state index >= 15 is 0 Å². The lowest BCUT2D eigenvalue weighted by Crippen LogP contribution is -2.55. The second kappa shape index (κ2) is 11.5. The van der Waals surface area contributed by atoms with Crippen LogP contribution < -0.4 is 10.6 Å². The maximum absolute atomic E-state index is 13.4. The molecule has 2 fully saturated rings. The molecule has 0 saturated carbocycles. The van der Waals surface area contributed by atoms with Crippen LogP contribution in [0.3, 0.4) is 0 Å². The first-order valence-corrected chi connectivity index (χ1v) is 14.0. The SMILES string of the molecule is O=C(c1ccc(Nc2nccn3c(-c4cn[nH]c4C(F)(F)F)cnc23)cc1Cl)N1CCN(C(=O)[C@@H]2CCNC[C@@H]2O)CC1. The molecule has 2 aliphatic heterocycles. The molecule has 6 rings (SSSR count). The summed E-state index contributed by atoms with van der Waals surface area (Å²) in [5, 5.41) is 22.1. The van der Waals surface area contributed by atoms with Gasteiger partial charge in [-0.15, -0.1) is 0 Å². The van der Waals surface area contributed by atoms with Gasteiger partial charge in [-0.3, -0.25) is 19.1 Å². The van der Waals surface area contributed by atoms with E-state index in [1.54, 1.807) is 28.0 Å². The highest BCUT2D eigenvalue weighted by Crippen LogP contribution is 2.36. The van der Waals surface area contributed by atoms with Gasteiger partial charge in [0.05, 0.1) is 46.3 Å². The first-order valence-electron chi connectivity index (χ1n) is 13.6. The van der Waals surface area contributed by atoms with Crippen LogP contribution in [0.1, 0.15) is 22.5 Å². The van der Waals surface area contributed by atoms with Gasteiger partial charge in [-0.05, 0) is 31.2 Å². The van der Waals surface area contributed by atoms with Crippen LogP contribution in [0.5, 0.6) is 0 Å². The van der Waals surface area contributed by atoms with E-state index in [1.165, 1.54) is 23.0 Å². The van der Waals surface area contributed by atoms with E-state index in [-0.39, 0.29) is 45.1 Å². The van der Waals surface area contributed by atoms with Crippen LogP contribution in [0.4, 0.5) is 24.7 Å². The van der Waals surface area contributed by atoms with Crippen molar-refractivity contribution >= 4 is 40.6 Å². The molecule has 2 aliphatic rings. The fourth-order valence-electron chi connectivity index (χ4n) is 5.47. The maximum atomic E-state index is 13.4. The van der Waals surface area contributed by atoms with E-state index in [0.717, 1.165) is 6.20 Å². The summed E-state index contributed by atoms with van der Waals surface area (Å²) in [6.45, 7) is 2.47. The van der Waals surface area contributed by atoms with Crippen LogP contribution in [0.15, 0.2) is 43.0 Å². The number of benzene rings is 1. The van der Waals surface area contributed by atoms with Crippen molar-refractivity contribution < 1.29 is 27.9 Å². The monoisotopic (exact) mass is 617 g/mol. The number of hydrogen-bond donors (Lipinski definition) is 4. The van der Waals surface area contributed by atoms with Crippen molar-refractivity contribution in [1.82, 2.24) is 39.7 Å². The summed E-state index contributed by atoms with van der Waals surface area (Å²) in [4.78, 5) is 38.0. The molecule has 0 unspecified atom stereocenters. The number of halogens is 4. The summed E-state index contributed by atoms with van der Waals surface area (Å²) >= 11 is 6.51. The van der Waals surface area contributed by atoms with Gasteiger partial charge in [-0.1, -0.05) is 11.6 Å². The zero-order chi connectivity index (χ0) is 30.3. The van der Waals surface area contributed by atoms with E-state index in [4.69, 9.17) is 11.6 Å². The average Bonchev–Trinajstić information content (AvgIpc) is 3.65. The summed E-state index contributed by atoms with van der Waals surface area (Å²) in [5.74, 6) is -0.534. The number of rotatable bonds is 5. The second-order valence-corrected chi connectivity index (χ2v) is 10.8. The molecule has 4 aromatic rings. The molecule has 16 heteroatoms. The van der Waals surface area contributed by atoms with Gasteiger partial charge >= 0.3 is 6.18 Å². The van der Waals surface area contributed by atoms with Gasteiger partial charge in [0.25, 0.3) is 5.91 Å². The lowest BCUT2D eigenvalue weighted by Gasteiger charge is -2.38. The Morgan fingerprint density at radius 3 is 2.58 bits per heavy atom. The largest absolute Gasteiger partial charge is 0.433 e. The zero-order valence-corrected chi connectivity index (χ0v) is 23.4. The van der Waals surface area contributed by atoms with Gasteiger partial charge in [0.1, 0.15) is 5.69 Å². The van der Waals surface area contributed by atoms with Crippen LogP contribution in [-0.2, 0) is 11.0 Å². The fraction of sp³-hybridized carbons (Fsp3) is 0.370. The number of H-pyrrole nitrogens is 1. The zero-order valence-electron chi connectivity index (χ0n) is 22.6. The van der Waals surface area contributed by atoms with E-state index in [9.17, 15) is 27.9 Å². The molecule has 5 heterocycles. The molecular formula is C27H27ClF3N9O3. The number of carbonyl (C=O) groups excluding carboxylic acids is 2. The Labute approximate surface area is 247 Å². The summed E-state index contributed by atoms with van der Waals surface area (Å²) in [5.41, 5.74) is 0.0803. The number of imidazole rings is 1. The van der Waals surface area contributed by atoms with Crippen LogP contribution in [0.25, 0.3) is 16.9 Å². The van der Waals surface area contributed by atoms with Crippen LogP contribution >= 0.6 is 11.6 Å². The molecule has 226 valence electrons. The minimum Gasteiger partial charge on any atom is -0.391 e. The van der Waals surface area contributed by atoms with Crippen LogP contribution in [0, 0.1) is 5.92 Å². The van der Waals surface area contributed by atoms with Crippen molar-refractivity contribution in [3.63, 3.8) is 0 Å². The number of alkyl halides is 3. The Kier molecular flexibility index (Phi) is 7.70. The van der Waals surface area contributed by atoms with Gasteiger partial charge in [0, 0.05) is 50.8 Å². The molecule has 2 atom stereocenters. The number of amides is 2. The first kappa shape index (κ1) is 28.9. The lowest BCUT2D eigenvalue weighted by molar-refractivity contribution is -0.142. The Bertz CT molecular complexity index is 1670.